The number of benzene rings is 2. The zero-order valence-electron chi connectivity index (χ0n) is 15.3. The molecule has 1 aliphatic heterocycles. The van der Waals surface area contributed by atoms with Crippen molar-refractivity contribution in [2.24, 2.45) is 11.7 Å². The summed E-state index contributed by atoms with van der Waals surface area (Å²) in [7, 11) is 0. The molecule has 3 N–H and O–H groups in total. The molecule has 0 spiro atoms. The van der Waals surface area contributed by atoms with Crippen LogP contribution in [0.15, 0.2) is 54.6 Å². The summed E-state index contributed by atoms with van der Waals surface area (Å²) in [6.45, 7) is 1.94. The number of hydrogen-bond donors (Lipinski definition) is 2. The molecule has 3 amide bonds. The Kier molecular flexibility index (Phi) is 6.30. The molecule has 0 saturated carbocycles. The van der Waals surface area contributed by atoms with Gasteiger partial charge >= 0.3 is 6.03 Å². The van der Waals surface area contributed by atoms with E-state index >= 15 is 0 Å². The van der Waals surface area contributed by atoms with Crippen LogP contribution in [0.5, 0.6) is 5.75 Å². The quantitative estimate of drug-likeness (QED) is 0.823. The van der Waals surface area contributed by atoms with Crippen molar-refractivity contribution < 1.29 is 14.3 Å². The van der Waals surface area contributed by atoms with Crippen molar-refractivity contribution >= 4 is 11.9 Å². The first-order valence-electron chi connectivity index (χ1n) is 9.19. The maximum atomic E-state index is 12.4. The molecule has 0 unspecified atom stereocenters. The lowest BCUT2D eigenvalue weighted by molar-refractivity contribution is -0.126. The second kappa shape index (κ2) is 9.07. The van der Waals surface area contributed by atoms with Gasteiger partial charge in [-0.25, -0.2) is 4.79 Å². The third-order valence-corrected chi connectivity index (χ3v) is 4.72. The Morgan fingerprint density at radius 1 is 1.11 bits per heavy atom. The van der Waals surface area contributed by atoms with Crippen LogP contribution in [0.25, 0.3) is 0 Å². The number of rotatable bonds is 6. The van der Waals surface area contributed by atoms with E-state index < -0.39 is 6.03 Å². The molecule has 3 rings (SSSR count). The Hall–Kier alpha value is -3.02. The molecule has 27 heavy (non-hydrogen) atoms. The second-order valence-corrected chi connectivity index (χ2v) is 6.76. The molecule has 0 radical (unpaired) electrons. The first-order valence-corrected chi connectivity index (χ1v) is 9.19. The van der Waals surface area contributed by atoms with Crippen LogP contribution >= 0.6 is 0 Å². The summed E-state index contributed by atoms with van der Waals surface area (Å²) in [5.41, 5.74) is 7.40. The van der Waals surface area contributed by atoms with Crippen molar-refractivity contribution in [3.63, 3.8) is 0 Å². The number of carbonyl (C=O) groups is 2. The SMILES string of the molecule is NC(=O)N1CCC[C@H](C(=O)NCc2cccc(OCc3ccccc3)c2)C1. The minimum atomic E-state index is -0.462. The lowest BCUT2D eigenvalue weighted by Gasteiger charge is -2.30. The predicted octanol–water partition coefficient (Wildman–Crippen LogP) is 2.67. The minimum absolute atomic E-state index is 0.0449. The Labute approximate surface area is 159 Å². The first kappa shape index (κ1) is 18.8. The van der Waals surface area contributed by atoms with Crippen LogP contribution in [-0.2, 0) is 17.9 Å². The molecule has 6 heteroatoms. The average molecular weight is 367 g/mol. The molecule has 6 nitrogen and oxygen atoms in total. The molecular formula is C21H25N3O3. The van der Waals surface area contributed by atoms with E-state index in [2.05, 4.69) is 5.32 Å². The molecule has 2 aromatic carbocycles. The van der Waals surface area contributed by atoms with E-state index in [9.17, 15) is 9.59 Å². The molecular weight excluding hydrogens is 342 g/mol. The summed E-state index contributed by atoms with van der Waals surface area (Å²) in [6, 6.07) is 17.2. The van der Waals surface area contributed by atoms with Crippen LogP contribution in [0, 0.1) is 5.92 Å². The zero-order chi connectivity index (χ0) is 19.1. The molecule has 142 valence electrons. The van der Waals surface area contributed by atoms with Crippen LogP contribution in [-0.4, -0.2) is 29.9 Å². The molecule has 1 saturated heterocycles. The van der Waals surface area contributed by atoms with E-state index in [0.717, 1.165) is 29.7 Å². The fraction of sp³-hybridized carbons (Fsp3) is 0.333. The summed E-state index contributed by atoms with van der Waals surface area (Å²) in [4.78, 5) is 25.3. The van der Waals surface area contributed by atoms with Gasteiger partial charge in [-0.2, -0.15) is 0 Å². The van der Waals surface area contributed by atoms with Crippen LogP contribution in [0.3, 0.4) is 0 Å². The van der Waals surface area contributed by atoms with E-state index in [1.165, 1.54) is 4.90 Å². The third kappa shape index (κ3) is 5.48. The summed E-state index contributed by atoms with van der Waals surface area (Å²) >= 11 is 0. The smallest absolute Gasteiger partial charge is 0.314 e. The van der Waals surface area contributed by atoms with Gasteiger partial charge in [-0.3, -0.25) is 4.79 Å². The van der Waals surface area contributed by atoms with Gasteiger partial charge in [0.25, 0.3) is 0 Å². The molecule has 1 aliphatic rings. The summed E-state index contributed by atoms with van der Waals surface area (Å²) < 4.78 is 5.83. The Bertz CT molecular complexity index is 779. The van der Waals surface area contributed by atoms with E-state index in [1.807, 2.05) is 54.6 Å². The van der Waals surface area contributed by atoms with Crippen LogP contribution in [0.4, 0.5) is 4.79 Å². The topological polar surface area (TPSA) is 84.7 Å². The number of piperidine rings is 1. The van der Waals surface area contributed by atoms with E-state index in [-0.39, 0.29) is 11.8 Å². The molecule has 0 bridgehead atoms. The Balaban J connectivity index is 1.50. The van der Waals surface area contributed by atoms with Crippen molar-refractivity contribution in [3.8, 4) is 5.75 Å². The number of nitrogens with one attached hydrogen (secondary N) is 1. The van der Waals surface area contributed by atoms with Gasteiger partial charge < -0.3 is 20.7 Å². The third-order valence-electron chi connectivity index (χ3n) is 4.72. The highest BCUT2D eigenvalue weighted by Crippen LogP contribution is 2.18. The highest BCUT2D eigenvalue weighted by atomic mass is 16.5. The van der Waals surface area contributed by atoms with E-state index in [1.54, 1.807) is 0 Å². The maximum absolute atomic E-state index is 12.4. The minimum Gasteiger partial charge on any atom is -0.489 e. The number of ether oxygens (including phenoxy) is 1. The summed E-state index contributed by atoms with van der Waals surface area (Å²) in [5.74, 6) is 0.517. The maximum Gasteiger partial charge on any atom is 0.314 e. The van der Waals surface area contributed by atoms with Gasteiger partial charge in [-0.1, -0.05) is 42.5 Å². The standard InChI is InChI=1S/C21H25N3O3/c22-21(26)24-11-5-9-18(14-24)20(25)23-13-17-8-4-10-19(12-17)27-15-16-6-2-1-3-7-16/h1-4,6-8,10,12,18H,5,9,11,13-15H2,(H2,22,26)(H,23,25)/t18-/m0/s1. The lowest BCUT2D eigenvalue weighted by atomic mass is 9.97. The van der Waals surface area contributed by atoms with Crippen LogP contribution in [0.2, 0.25) is 0 Å². The van der Waals surface area contributed by atoms with Crippen LogP contribution in [0.1, 0.15) is 24.0 Å². The van der Waals surface area contributed by atoms with Crippen molar-refractivity contribution in [2.75, 3.05) is 13.1 Å². The van der Waals surface area contributed by atoms with Gasteiger partial charge in [0, 0.05) is 19.6 Å². The van der Waals surface area contributed by atoms with Crippen molar-refractivity contribution in [1.29, 1.82) is 0 Å². The molecule has 1 atom stereocenters. The number of nitrogens with two attached hydrogens (primary N) is 1. The van der Waals surface area contributed by atoms with Gasteiger partial charge in [-0.15, -0.1) is 0 Å². The fourth-order valence-corrected chi connectivity index (χ4v) is 3.21. The molecule has 1 heterocycles. The van der Waals surface area contributed by atoms with Crippen molar-refractivity contribution in [1.82, 2.24) is 10.2 Å². The first-order chi connectivity index (χ1) is 13.1. The largest absolute Gasteiger partial charge is 0.489 e. The Morgan fingerprint density at radius 3 is 2.67 bits per heavy atom. The molecule has 0 aliphatic carbocycles. The van der Waals surface area contributed by atoms with Crippen LogP contribution < -0.4 is 15.8 Å². The monoisotopic (exact) mass is 367 g/mol. The van der Waals surface area contributed by atoms with E-state index in [4.69, 9.17) is 10.5 Å². The number of hydrogen-bond acceptors (Lipinski definition) is 3. The normalized spacial score (nSPS) is 16.6. The van der Waals surface area contributed by atoms with Crippen molar-refractivity contribution in [2.45, 2.75) is 26.0 Å². The molecule has 0 aromatic heterocycles. The number of carbonyl (C=O) groups excluding carboxylic acids is 2. The Morgan fingerprint density at radius 2 is 1.89 bits per heavy atom. The lowest BCUT2D eigenvalue weighted by Crippen LogP contribution is -2.47. The van der Waals surface area contributed by atoms with Gasteiger partial charge in [-0.05, 0) is 36.1 Å². The average Bonchev–Trinajstić information content (AvgIpc) is 2.71. The number of likely N-dealkylation sites (tertiary alicyclic amines) is 1. The van der Waals surface area contributed by atoms with E-state index in [0.29, 0.717) is 26.2 Å². The number of amides is 3. The summed E-state index contributed by atoms with van der Waals surface area (Å²) in [5, 5.41) is 2.96. The number of nitrogens with zero attached hydrogens (tertiary/aromatic N) is 1. The predicted molar refractivity (Wildman–Crippen MR) is 103 cm³/mol. The highest BCUT2D eigenvalue weighted by molar-refractivity contribution is 5.80. The number of urea groups is 1. The van der Waals surface area contributed by atoms with Gasteiger partial charge in [0.05, 0.1) is 5.92 Å². The van der Waals surface area contributed by atoms with Gasteiger partial charge in [0.2, 0.25) is 5.91 Å². The molecule has 2 aromatic rings. The van der Waals surface area contributed by atoms with Gasteiger partial charge in [0.15, 0.2) is 0 Å². The fourth-order valence-electron chi connectivity index (χ4n) is 3.21. The zero-order valence-corrected chi connectivity index (χ0v) is 15.3. The highest BCUT2D eigenvalue weighted by Gasteiger charge is 2.27. The van der Waals surface area contributed by atoms with Crippen molar-refractivity contribution in [3.05, 3.63) is 65.7 Å². The second-order valence-electron chi connectivity index (χ2n) is 6.76. The van der Waals surface area contributed by atoms with Gasteiger partial charge in [0.1, 0.15) is 12.4 Å². The molecule has 1 fully saturated rings. The number of primary amides is 1. The summed E-state index contributed by atoms with van der Waals surface area (Å²) in [6.07, 6.45) is 1.57.